The van der Waals surface area contributed by atoms with E-state index < -0.39 is 18.0 Å². The van der Waals surface area contributed by atoms with Gasteiger partial charge in [-0.25, -0.2) is 4.79 Å². The van der Waals surface area contributed by atoms with Crippen LogP contribution in [-0.2, 0) is 9.53 Å². The summed E-state index contributed by atoms with van der Waals surface area (Å²) in [4.78, 5) is 23.2. The number of esters is 1. The Morgan fingerprint density at radius 3 is 2.38 bits per heavy atom. The van der Waals surface area contributed by atoms with E-state index in [1.807, 2.05) is 0 Å². The molecule has 0 fully saturated rings. The number of halogens is 2. The molecule has 0 bridgehead atoms. The van der Waals surface area contributed by atoms with E-state index in [1.54, 1.807) is 48.5 Å². The Labute approximate surface area is 161 Å². The molecule has 0 heterocycles. The van der Waals surface area contributed by atoms with Crippen LogP contribution in [0, 0.1) is 0 Å². The zero-order valence-corrected chi connectivity index (χ0v) is 15.3. The maximum Gasteiger partial charge on any atom is 0.312 e. The first-order valence-corrected chi connectivity index (χ1v) is 8.55. The van der Waals surface area contributed by atoms with Crippen LogP contribution < -0.4 is 15.8 Å². The van der Waals surface area contributed by atoms with Crippen molar-refractivity contribution in [3.8, 4) is 5.75 Å². The van der Waals surface area contributed by atoms with E-state index in [4.69, 9.17) is 38.4 Å². The normalized spacial score (nSPS) is 11.5. The molecular formula is C18H18Cl2N2O4. The Kier molecular flexibility index (Phi) is 7.56. The summed E-state index contributed by atoms with van der Waals surface area (Å²) in [7, 11) is 0. The summed E-state index contributed by atoms with van der Waals surface area (Å²) in [5, 5.41) is 3.53. The van der Waals surface area contributed by atoms with Crippen LogP contribution in [0.4, 0.5) is 4.79 Å². The highest BCUT2D eigenvalue weighted by molar-refractivity contribution is 6.31. The largest absolute Gasteiger partial charge is 0.490 e. The molecule has 8 heteroatoms. The van der Waals surface area contributed by atoms with Gasteiger partial charge in [0.25, 0.3) is 0 Å². The quantitative estimate of drug-likeness (QED) is 0.525. The average Bonchev–Trinajstić information content (AvgIpc) is 2.60. The molecule has 0 radical (unpaired) electrons. The number of hydrogen-bond acceptors (Lipinski definition) is 4. The third-order valence-corrected chi connectivity index (χ3v) is 3.99. The van der Waals surface area contributed by atoms with E-state index in [0.717, 1.165) is 0 Å². The molecule has 3 N–H and O–H groups in total. The Bertz CT molecular complexity index is 753. The molecule has 1 atom stereocenters. The van der Waals surface area contributed by atoms with Crippen LogP contribution in [0.5, 0.6) is 5.75 Å². The van der Waals surface area contributed by atoms with Crippen molar-refractivity contribution in [2.75, 3.05) is 13.2 Å². The molecule has 138 valence electrons. The number of rotatable bonds is 8. The smallest absolute Gasteiger partial charge is 0.312 e. The number of amides is 2. The monoisotopic (exact) mass is 396 g/mol. The molecule has 2 rings (SSSR count). The number of benzene rings is 2. The van der Waals surface area contributed by atoms with Crippen LogP contribution in [0.2, 0.25) is 10.0 Å². The van der Waals surface area contributed by atoms with Crippen molar-refractivity contribution in [1.82, 2.24) is 5.32 Å². The first-order valence-electron chi connectivity index (χ1n) is 7.80. The van der Waals surface area contributed by atoms with Gasteiger partial charge in [0, 0.05) is 10.0 Å². The van der Waals surface area contributed by atoms with Gasteiger partial charge in [-0.2, -0.15) is 0 Å². The topological polar surface area (TPSA) is 90.7 Å². The molecule has 0 unspecified atom stereocenters. The maximum atomic E-state index is 12.0. The molecular weight excluding hydrogens is 379 g/mol. The standard InChI is InChI=1S/C18H18Cl2N2O4/c19-12-5-7-13(8-6-12)25-9-10-26-17(23)11-16(22-18(21)24)14-3-1-2-4-15(14)20/h1-8,16H,9-11H2,(H3,21,22,24)/t16-/m1/s1. The van der Waals surface area contributed by atoms with Gasteiger partial charge in [0.2, 0.25) is 0 Å². The summed E-state index contributed by atoms with van der Waals surface area (Å²) in [5.74, 6) is 0.109. The summed E-state index contributed by atoms with van der Waals surface area (Å²) in [5.41, 5.74) is 5.76. The highest BCUT2D eigenvalue weighted by atomic mass is 35.5. The lowest BCUT2D eigenvalue weighted by Gasteiger charge is -2.18. The predicted molar refractivity (Wildman–Crippen MR) is 99.4 cm³/mol. The molecule has 0 saturated heterocycles. The number of carbonyl (C=O) groups excluding carboxylic acids is 2. The van der Waals surface area contributed by atoms with Crippen LogP contribution in [0.3, 0.4) is 0 Å². The third kappa shape index (κ3) is 6.46. The minimum absolute atomic E-state index is 0.0628. The van der Waals surface area contributed by atoms with Gasteiger partial charge >= 0.3 is 12.0 Å². The molecule has 0 aromatic heterocycles. The number of hydrogen-bond donors (Lipinski definition) is 2. The number of carbonyl (C=O) groups is 2. The SMILES string of the molecule is NC(=O)N[C@H](CC(=O)OCCOc1ccc(Cl)cc1)c1ccccc1Cl. The first-order chi connectivity index (χ1) is 12.5. The summed E-state index contributed by atoms with van der Waals surface area (Å²) in [6.07, 6.45) is -0.104. The number of nitrogens with two attached hydrogens (primary N) is 1. The number of primary amides is 1. The van der Waals surface area contributed by atoms with E-state index in [1.165, 1.54) is 0 Å². The van der Waals surface area contributed by atoms with Crippen molar-refractivity contribution in [2.24, 2.45) is 5.73 Å². The van der Waals surface area contributed by atoms with Crippen LogP contribution >= 0.6 is 23.2 Å². The van der Waals surface area contributed by atoms with Gasteiger partial charge in [-0.1, -0.05) is 41.4 Å². The van der Waals surface area contributed by atoms with Crippen molar-refractivity contribution in [3.05, 3.63) is 64.1 Å². The summed E-state index contributed by atoms with van der Waals surface area (Å²) >= 11 is 11.9. The van der Waals surface area contributed by atoms with E-state index in [2.05, 4.69) is 5.32 Å². The van der Waals surface area contributed by atoms with Gasteiger partial charge in [-0.3, -0.25) is 4.79 Å². The Balaban J connectivity index is 1.84. The van der Waals surface area contributed by atoms with Crippen LogP contribution in [0.25, 0.3) is 0 Å². The molecule has 0 saturated carbocycles. The summed E-state index contributed by atoms with van der Waals surface area (Å²) in [6, 6.07) is 12.3. The lowest BCUT2D eigenvalue weighted by molar-refractivity contribution is -0.144. The second kappa shape index (κ2) is 9.89. The molecule has 26 heavy (non-hydrogen) atoms. The fourth-order valence-corrected chi connectivity index (χ4v) is 2.63. The van der Waals surface area contributed by atoms with Gasteiger partial charge in [-0.05, 0) is 35.9 Å². The zero-order valence-electron chi connectivity index (χ0n) is 13.8. The van der Waals surface area contributed by atoms with Gasteiger partial charge < -0.3 is 20.5 Å². The third-order valence-electron chi connectivity index (χ3n) is 3.40. The molecule has 0 aliphatic carbocycles. The molecule has 2 aromatic carbocycles. The van der Waals surface area contributed by atoms with Gasteiger partial charge in [-0.15, -0.1) is 0 Å². The van der Waals surface area contributed by atoms with Crippen molar-refractivity contribution in [1.29, 1.82) is 0 Å². The minimum Gasteiger partial charge on any atom is -0.490 e. The van der Waals surface area contributed by atoms with Crippen molar-refractivity contribution >= 4 is 35.2 Å². The van der Waals surface area contributed by atoms with Gasteiger partial charge in [0.05, 0.1) is 12.5 Å². The Morgan fingerprint density at radius 2 is 1.73 bits per heavy atom. The summed E-state index contributed by atoms with van der Waals surface area (Å²) < 4.78 is 10.6. The molecule has 6 nitrogen and oxygen atoms in total. The van der Waals surface area contributed by atoms with Crippen LogP contribution in [0.15, 0.2) is 48.5 Å². The van der Waals surface area contributed by atoms with Crippen molar-refractivity contribution in [3.63, 3.8) is 0 Å². The number of urea groups is 1. The average molecular weight is 397 g/mol. The van der Waals surface area contributed by atoms with Gasteiger partial charge in [0.15, 0.2) is 0 Å². The number of nitrogens with one attached hydrogen (secondary N) is 1. The van der Waals surface area contributed by atoms with Crippen molar-refractivity contribution in [2.45, 2.75) is 12.5 Å². The molecule has 0 spiro atoms. The summed E-state index contributed by atoms with van der Waals surface area (Å²) in [6.45, 7) is 0.251. The van der Waals surface area contributed by atoms with Crippen LogP contribution in [-0.4, -0.2) is 25.2 Å². The molecule has 0 aliphatic rings. The Hall–Kier alpha value is -2.44. The van der Waals surface area contributed by atoms with E-state index >= 15 is 0 Å². The van der Waals surface area contributed by atoms with Crippen LogP contribution in [0.1, 0.15) is 18.0 Å². The Morgan fingerprint density at radius 1 is 1.04 bits per heavy atom. The van der Waals surface area contributed by atoms with Gasteiger partial charge in [0.1, 0.15) is 19.0 Å². The van der Waals surface area contributed by atoms with E-state index in [0.29, 0.717) is 21.4 Å². The van der Waals surface area contributed by atoms with E-state index in [-0.39, 0.29) is 19.6 Å². The van der Waals surface area contributed by atoms with Crippen molar-refractivity contribution < 1.29 is 19.1 Å². The maximum absolute atomic E-state index is 12.0. The minimum atomic E-state index is -0.756. The number of ether oxygens (including phenoxy) is 2. The highest BCUT2D eigenvalue weighted by Crippen LogP contribution is 2.25. The first kappa shape index (κ1) is 19.9. The molecule has 0 aliphatic heterocycles. The fraction of sp³-hybridized carbons (Fsp3) is 0.222. The lowest BCUT2D eigenvalue weighted by Crippen LogP contribution is -2.35. The predicted octanol–water partition coefficient (Wildman–Crippen LogP) is 3.72. The molecule has 2 amide bonds. The highest BCUT2D eigenvalue weighted by Gasteiger charge is 2.20. The molecule has 2 aromatic rings. The lowest BCUT2D eigenvalue weighted by atomic mass is 10.0. The second-order valence-corrected chi connectivity index (χ2v) is 6.15. The second-order valence-electron chi connectivity index (χ2n) is 5.31. The van der Waals surface area contributed by atoms with E-state index in [9.17, 15) is 9.59 Å². The fourth-order valence-electron chi connectivity index (χ4n) is 2.24. The zero-order chi connectivity index (χ0) is 18.9.